The molecule has 0 saturated carbocycles. The van der Waals surface area contributed by atoms with Gasteiger partial charge in [-0.05, 0) is 17.2 Å². The maximum Gasteiger partial charge on any atom is 0.269 e. The van der Waals surface area contributed by atoms with Crippen LogP contribution in [0.2, 0.25) is 0 Å². The van der Waals surface area contributed by atoms with Crippen LogP contribution >= 0.6 is 0 Å². The van der Waals surface area contributed by atoms with E-state index in [-0.39, 0.29) is 18.0 Å². The van der Waals surface area contributed by atoms with E-state index in [2.05, 4.69) is 34.1 Å². The predicted octanol–water partition coefficient (Wildman–Crippen LogP) is 2.30. The van der Waals surface area contributed by atoms with Crippen molar-refractivity contribution in [3.63, 3.8) is 0 Å². The van der Waals surface area contributed by atoms with E-state index in [1.807, 2.05) is 6.07 Å². The van der Waals surface area contributed by atoms with Gasteiger partial charge in [-0.1, -0.05) is 30.3 Å². The topological polar surface area (TPSA) is 69.9 Å². The van der Waals surface area contributed by atoms with Gasteiger partial charge in [0.05, 0.1) is 11.3 Å². The number of piperazine rings is 1. The normalized spacial score (nSPS) is 17.7. The molecule has 4 rings (SSSR count). The first-order valence-electron chi connectivity index (χ1n) is 9.66. The standard InChI is InChI=1S/C21H24N4O3/c26-21-15-18-14-19(25(27)28)6-7-20(18)24(21)13-12-22-8-10-23(11-9-22)16-17-4-2-1-3-5-17/h1-7,14H,8-13,15-16H2. The second-order valence-electron chi connectivity index (χ2n) is 7.40. The summed E-state index contributed by atoms with van der Waals surface area (Å²) in [5, 5.41) is 10.9. The number of non-ortho nitro benzene ring substituents is 1. The first-order chi connectivity index (χ1) is 13.6. The zero-order valence-electron chi connectivity index (χ0n) is 15.8. The smallest absolute Gasteiger partial charge is 0.269 e. The summed E-state index contributed by atoms with van der Waals surface area (Å²) in [6, 6.07) is 15.2. The van der Waals surface area contributed by atoms with Crippen LogP contribution < -0.4 is 4.90 Å². The molecule has 0 N–H and O–H groups in total. The summed E-state index contributed by atoms with van der Waals surface area (Å²) < 4.78 is 0. The number of nitrogens with zero attached hydrogens (tertiary/aromatic N) is 4. The van der Waals surface area contributed by atoms with Gasteiger partial charge >= 0.3 is 0 Å². The Morgan fingerprint density at radius 2 is 1.64 bits per heavy atom. The molecule has 2 aliphatic rings. The molecule has 0 aromatic heterocycles. The fourth-order valence-electron chi connectivity index (χ4n) is 3.98. The van der Waals surface area contributed by atoms with Crippen LogP contribution in [0, 0.1) is 10.1 Å². The molecular formula is C21H24N4O3. The Hall–Kier alpha value is -2.77. The Kier molecular flexibility index (Phi) is 5.36. The third kappa shape index (κ3) is 4.05. The predicted molar refractivity (Wildman–Crippen MR) is 107 cm³/mol. The largest absolute Gasteiger partial charge is 0.311 e. The second kappa shape index (κ2) is 8.08. The van der Waals surface area contributed by atoms with Crippen LogP contribution in [0.1, 0.15) is 11.1 Å². The van der Waals surface area contributed by atoms with Gasteiger partial charge in [-0.2, -0.15) is 0 Å². The van der Waals surface area contributed by atoms with Crippen LogP contribution in [0.3, 0.4) is 0 Å². The lowest BCUT2D eigenvalue weighted by molar-refractivity contribution is -0.384. The van der Waals surface area contributed by atoms with E-state index in [0.29, 0.717) is 6.54 Å². The monoisotopic (exact) mass is 380 g/mol. The van der Waals surface area contributed by atoms with E-state index in [4.69, 9.17) is 0 Å². The highest BCUT2D eigenvalue weighted by Crippen LogP contribution is 2.31. The molecule has 1 amide bonds. The zero-order chi connectivity index (χ0) is 19.5. The van der Waals surface area contributed by atoms with Crippen molar-refractivity contribution in [1.29, 1.82) is 0 Å². The summed E-state index contributed by atoms with van der Waals surface area (Å²) in [5.74, 6) is 0.0261. The van der Waals surface area contributed by atoms with Crippen molar-refractivity contribution in [3.05, 3.63) is 69.8 Å². The molecule has 7 heteroatoms. The molecule has 0 aliphatic carbocycles. The summed E-state index contributed by atoms with van der Waals surface area (Å²) in [5.41, 5.74) is 2.96. The molecule has 2 aromatic carbocycles. The molecule has 1 fully saturated rings. The van der Waals surface area contributed by atoms with Gasteiger partial charge in [-0.25, -0.2) is 0 Å². The maximum absolute atomic E-state index is 12.4. The van der Waals surface area contributed by atoms with E-state index < -0.39 is 4.92 Å². The number of nitro benzene ring substituents is 1. The average Bonchev–Trinajstić information content (AvgIpc) is 3.02. The Balaban J connectivity index is 1.29. The van der Waals surface area contributed by atoms with Crippen molar-refractivity contribution in [3.8, 4) is 0 Å². The van der Waals surface area contributed by atoms with Crippen molar-refractivity contribution < 1.29 is 9.72 Å². The van der Waals surface area contributed by atoms with E-state index in [0.717, 1.165) is 50.5 Å². The van der Waals surface area contributed by atoms with Gasteiger partial charge in [-0.3, -0.25) is 24.7 Å². The minimum atomic E-state index is -0.414. The second-order valence-corrected chi connectivity index (χ2v) is 7.40. The van der Waals surface area contributed by atoms with Gasteiger partial charge in [0.1, 0.15) is 0 Å². The summed E-state index contributed by atoms with van der Waals surface area (Å²) in [4.78, 5) is 29.5. The number of rotatable bonds is 6. The van der Waals surface area contributed by atoms with E-state index in [1.54, 1.807) is 11.0 Å². The third-order valence-corrected chi connectivity index (χ3v) is 5.56. The van der Waals surface area contributed by atoms with Crippen LogP contribution in [0.15, 0.2) is 48.5 Å². The highest BCUT2D eigenvalue weighted by molar-refractivity contribution is 6.01. The fourth-order valence-corrected chi connectivity index (χ4v) is 3.98. The van der Waals surface area contributed by atoms with Gasteiger partial charge in [0.25, 0.3) is 5.69 Å². The minimum absolute atomic E-state index is 0.0261. The SMILES string of the molecule is O=C1Cc2cc([N+](=O)[O-])ccc2N1CCN1CCN(Cc2ccccc2)CC1. The van der Waals surface area contributed by atoms with E-state index in [9.17, 15) is 14.9 Å². The molecule has 0 bridgehead atoms. The molecule has 2 aliphatic heterocycles. The number of amides is 1. The van der Waals surface area contributed by atoms with Crippen LogP contribution in [0.25, 0.3) is 0 Å². The molecule has 2 heterocycles. The van der Waals surface area contributed by atoms with Crippen molar-refractivity contribution in [2.24, 2.45) is 0 Å². The highest BCUT2D eigenvalue weighted by atomic mass is 16.6. The van der Waals surface area contributed by atoms with E-state index in [1.165, 1.54) is 17.7 Å². The van der Waals surface area contributed by atoms with Gasteiger partial charge in [-0.15, -0.1) is 0 Å². The van der Waals surface area contributed by atoms with Crippen molar-refractivity contribution in [1.82, 2.24) is 9.80 Å². The Morgan fingerprint density at radius 3 is 2.36 bits per heavy atom. The number of anilines is 1. The lowest BCUT2D eigenvalue weighted by Crippen LogP contribution is -2.48. The number of fused-ring (bicyclic) bond motifs is 1. The molecule has 0 radical (unpaired) electrons. The first kappa shape index (κ1) is 18.6. The minimum Gasteiger partial charge on any atom is -0.311 e. The summed E-state index contributed by atoms with van der Waals surface area (Å²) in [6.45, 7) is 6.44. The molecule has 28 heavy (non-hydrogen) atoms. The maximum atomic E-state index is 12.4. The number of carbonyl (C=O) groups is 1. The van der Waals surface area contributed by atoms with Gasteiger partial charge in [0.15, 0.2) is 0 Å². The lowest BCUT2D eigenvalue weighted by Gasteiger charge is -2.35. The van der Waals surface area contributed by atoms with Gasteiger partial charge in [0.2, 0.25) is 5.91 Å². The number of hydrogen-bond donors (Lipinski definition) is 0. The van der Waals surface area contributed by atoms with Crippen LogP contribution in [0.4, 0.5) is 11.4 Å². The average molecular weight is 380 g/mol. The van der Waals surface area contributed by atoms with Crippen molar-refractivity contribution in [2.75, 3.05) is 44.2 Å². The molecule has 146 valence electrons. The third-order valence-electron chi connectivity index (χ3n) is 5.56. The highest BCUT2D eigenvalue weighted by Gasteiger charge is 2.29. The quantitative estimate of drug-likeness (QED) is 0.568. The number of nitro groups is 1. The zero-order valence-corrected chi connectivity index (χ0v) is 15.8. The molecule has 0 unspecified atom stereocenters. The van der Waals surface area contributed by atoms with Crippen molar-refractivity contribution in [2.45, 2.75) is 13.0 Å². The number of benzene rings is 2. The molecule has 7 nitrogen and oxygen atoms in total. The Bertz CT molecular complexity index is 863. The van der Waals surface area contributed by atoms with Crippen LogP contribution in [-0.2, 0) is 17.8 Å². The number of carbonyl (C=O) groups excluding carboxylic acids is 1. The molecule has 0 spiro atoms. The number of hydrogen-bond acceptors (Lipinski definition) is 5. The van der Waals surface area contributed by atoms with Crippen LogP contribution in [0.5, 0.6) is 0 Å². The fraction of sp³-hybridized carbons (Fsp3) is 0.381. The summed E-state index contributed by atoms with van der Waals surface area (Å²) in [6.07, 6.45) is 0.252. The molecular weight excluding hydrogens is 356 g/mol. The Labute approximate surface area is 164 Å². The first-order valence-corrected chi connectivity index (χ1v) is 9.66. The van der Waals surface area contributed by atoms with E-state index >= 15 is 0 Å². The van der Waals surface area contributed by atoms with Gasteiger partial charge in [0, 0.05) is 63.6 Å². The molecule has 0 atom stereocenters. The lowest BCUT2D eigenvalue weighted by atomic mass is 10.1. The molecule has 1 saturated heterocycles. The Morgan fingerprint density at radius 1 is 0.929 bits per heavy atom. The van der Waals surface area contributed by atoms with Gasteiger partial charge < -0.3 is 4.90 Å². The summed E-state index contributed by atoms with van der Waals surface area (Å²) >= 11 is 0. The van der Waals surface area contributed by atoms with Crippen LogP contribution in [-0.4, -0.2) is 59.9 Å². The molecule has 2 aromatic rings. The van der Waals surface area contributed by atoms with Crippen molar-refractivity contribution >= 4 is 17.3 Å². The summed E-state index contributed by atoms with van der Waals surface area (Å²) in [7, 11) is 0.